The van der Waals surface area contributed by atoms with Crippen LogP contribution in [0.4, 0.5) is 0 Å². The molecule has 0 amide bonds. The van der Waals surface area contributed by atoms with E-state index in [9.17, 15) is 0 Å². The first-order chi connectivity index (χ1) is 54.5. The van der Waals surface area contributed by atoms with Gasteiger partial charge >= 0.3 is 21.1 Å². The Kier molecular flexibility index (Phi) is 146. The zero-order chi connectivity index (χ0) is 90.6. The second-order valence-electron chi connectivity index (χ2n) is 27.5. The molecule has 3 aromatic carbocycles. The Morgan fingerprint density at radius 3 is 0.931 bits per heavy atom. The molecule has 14 heteroatoms. The number of H-pyrrole nitrogens is 2. The predicted octanol–water partition coefficient (Wildman–Crippen LogP) is 33.3. The molecule has 0 aliphatic heterocycles. The van der Waals surface area contributed by atoms with Gasteiger partial charge in [0.2, 0.25) is 0 Å². The zero-order valence-corrected chi connectivity index (χ0v) is 85.2. The van der Waals surface area contributed by atoms with Gasteiger partial charge in [-0.1, -0.05) is 363 Å². The molecule has 8 heterocycles. The maximum atomic E-state index is 4.40. The fourth-order valence-corrected chi connectivity index (χ4v) is 6.25. The molecule has 664 valence electrons. The summed E-state index contributed by atoms with van der Waals surface area (Å²) in [6, 6.07) is 45.4. The number of nitrogens with zero attached hydrogens (tertiary/aromatic N) is 10. The molecule has 0 unspecified atom stereocenters. The fourth-order valence-electron chi connectivity index (χ4n) is 5.80. The van der Waals surface area contributed by atoms with Crippen LogP contribution >= 0.6 is 11.3 Å². The summed E-state index contributed by atoms with van der Waals surface area (Å²) in [5.41, 5.74) is 6.25. The third kappa shape index (κ3) is 136. The fraction of sp³-hybridized carbons (Fsp3) is 0.520. The summed E-state index contributed by atoms with van der Waals surface area (Å²) in [7, 11) is 0. The van der Waals surface area contributed by atoms with Crippen molar-refractivity contribution < 1.29 is 21.1 Å². The molecule has 0 aliphatic carbocycles. The number of benzene rings is 3. The molecule has 0 fully saturated rings. The molecule has 116 heavy (non-hydrogen) atoms. The van der Waals surface area contributed by atoms with E-state index >= 15 is 0 Å². The Labute approximate surface area is 740 Å². The van der Waals surface area contributed by atoms with Crippen molar-refractivity contribution in [3.8, 4) is 0 Å². The van der Waals surface area contributed by atoms with Crippen LogP contribution < -0.4 is 0 Å². The van der Waals surface area contributed by atoms with Gasteiger partial charge in [-0.25, -0.2) is 15.0 Å². The van der Waals surface area contributed by atoms with E-state index < -0.39 is 0 Å². The van der Waals surface area contributed by atoms with Gasteiger partial charge in [-0.2, -0.15) is 16.4 Å². The molecule has 0 saturated heterocycles. The van der Waals surface area contributed by atoms with Crippen LogP contribution in [0.1, 0.15) is 319 Å². The summed E-state index contributed by atoms with van der Waals surface area (Å²) in [6.07, 6.45) is 27.3. The molecule has 0 saturated carbocycles. The Morgan fingerprint density at radius 1 is 0.328 bits per heavy atom. The van der Waals surface area contributed by atoms with E-state index in [0.717, 1.165) is 59.6 Å². The van der Waals surface area contributed by atoms with Crippen LogP contribution in [-0.4, -0.2) is 79.1 Å². The first kappa shape index (κ1) is 140. The quantitative estimate of drug-likeness (QED) is 0.154. The Hall–Kier alpha value is -7.44. The largest absolute Gasteiger partial charge is 2.00 e. The molecule has 0 radical (unpaired) electrons. The number of fused-ring (bicyclic) bond motifs is 2. The summed E-state index contributed by atoms with van der Waals surface area (Å²) < 4.78 is 0. The average molecular weight is 1790 g/mol. The normalized spacial score (nSPS) is 8.53. The van der Waals surface area contributed by atoms with Crippen LogP contribution in [0, 0.1) is 49.4 Å². The van der Waals surface area contributed by atoms with Gasteiger partial charge in [0.15, 0.2) is 0 Å². The van der Waals surface area contributed by atoms with Crippen molar-refractivity contribution in [2.45, 2.75) is 308 Å². The average Bonchev–Trinajstić information content (AvgIpc) is 0.901. The predicted molar refractivity (Wildman–Crippen MR) is 529 cm³/mol. The second-order valence-corrected chi connectivity index (χ2v) is 28.3. The van der Waals surface area contributed by atoms with Crippen molar-refractivity contribution in [3.05, 3.63) is 274 Å². The van der Waals surface area contributed by atoms with Crippen LogP contribution in [0.3, 0.4) is 0 Å². The molecule has 0 bridgehead atoms. The van der Waals surface area contributed by atoms with Gasteiger partial charge in [-0.3, -0.25) is 30.0 Å². The minimum Gasteiger partial charge on any atom is -0.360 e. The maximum Gasteiger partial charge on any atom is 2.00 e. The number of imidazole rings is 1. The smallest absolute Gasteiger partial charge is 0.360 e. The number of aromatic nitrogens is 11. The van der Waals surface area contributed by atoms with Crippen LogP contribution in [0.25, 0.3) is 21.8 Å². The molecule has 11 aromatic rings. The van der Waals surface area contributed by atoms with E-state index in [4.69, 9.17) is 0 Å². The van der Waals surface area contributed by atoms with E-state index in [1.54, 1.807) is 98.1 Å². The van der Waals surface area contributed by atoms with Gasteiger partial charge in [0.05, 0.1) is 17.4 Å². The number of thiophene rings is 1. The number of hydrogen-bond acceptors (Lipinski definition) is 11. The van der Waals surface area contributed by atoms with Crippen molar-refractivity contribution >= 4 is 33.1 Å². The van der Waals surface area contributed by atoms with Crippen molar-refractivity contribution in [1.29, 1.82) is 0 Å². The van der Waals surface area contributed by atoms with E-state index in [2.05, 4.69) is 314 Å². The Morgan fingerprint density at radius 2 is 0.690 bits per heavy atom. The molecule has 12 nitrogen and oxygen atoms in total. The third-order valence-electron chi connectivity index (χ3n) is 10.1. The van der Waals surface area contributed by atoms with Crippen molar-refractivity contribution in [3.63, 3.8) is 0 Å². The number of para-hydroxylation sites is 1. The van der Waals surface area contributed by atoms with Gasteiger partial charge in [0.25, 0.3) is 0 Å². The van der Waals surface area contributed by atoms with E-state index in [0.29, 0.717) is 23.8 Å². The topological polar surface area (TPSA) is 151 Å². The Bertz CT molecular complexity index is 2770. The number of nitrogens with one attached hydrogen (secondary N) is 2. The number of aromatic amines is 2. The number of pyridine rings is 3. The molecule has 11 rings (SSSR count). The van der Waals surface area contributed by atoms with Crippen molar-refractivity contribution in [2.24, 2.45) is 35.5 Å². The summed E-state index contributed by atoms with van der Waals surface area (Å²) in [5.74, 6) is 6.80. The van der Waals surface area contributed by atoms with Gasteiger partial charge in [-0.05, 0) is 141 Å². The van der Waals surface area contributed by atoms with Crippen LogP contribution in [-0.2, 0) is 21.1 Å². The van der Waals surface area contributed by atoms with E-state index in [1.807, 2.05) is 187 Å². The van der Waals surface area contributed by atoms with E-state index in [1.165, 1.54) is 33.8 Å². The molecule has 0 spiro atoms. The van der Waals surface area contributed by atoms with Crippen molar-refractivity contribution in [1.82, 2.24) is 60.0 Å². The van der Waals surface area contributed by atoms with Crippen LogP contribution in [0.5, 0.6) is 0 Å². The Balaban J connectivity index is -0.0000000800. The van der Waals surface area contributed by atoms with Gasteiger partial charge < -0.3 is 23.7 Å². The summed E-state index contributed by atoms with van der Waals surface area (Å²) >= 11 is 1.71. The van der Waals surface area contributed by atoms with Gasteiger partial charge in [0.1, 0.15) is 6.33 Å². The third-order valence-corrected chi connectivity index (χ3v) is 10.7. The van der Waals surface area contributed by atoms with Crippen LogP contribution in [0.15, 0.2) is 244 Å². The molecular weight excluding hydrogens is 1610 g/mol. The summed E-state index contributed by atoms with van der Waals surface area (Å²) in [5, 5.41) is 12.8. The van der Waals surface area contributed by atoms with Gasteiger partial charge in [0, 0.05) is 97.5 Å². The first-order valence-corrected chi connectivity index (χ1v) is 43.6. The van der Waals surface area contributed by atoms with Gasteiger partial charge in [-0.15, -0.1) is 13.1 Å². The monoisotopic (exact) mass is 1790 g/mol. The molecule has 2 N–H and O–H groups in total. The zero-order valence-electron chi connectivity index (χ0n) is 81.5. The maximum absolute atomic E-state index is 4.40. The summed E-state index contributed by atoms with van der Waals surface area (Å²) in [4.78, 5) is 35.9. The number of rotatable bonds is 6. The van der Waals surface area contributed by atoms with E-state index in [-0.39, 0.29) is 28.5 Å². The van der Waals surface area contributed by atoms with Crippen LogP contribution in [0.2, 0.25) is 0 Å². The van der Waals surface area contributed by atoms with Crippen molar-refractivity contribution in [2.75, 3.05) is 13.1 Å². The molecule has 8 aromatic heterocycles. The second kappa shape index (κ2) is 121. The minimum atomic E-state index is 0. The number of hydrogen-bond donors (Lipinski definition) is 2. The SMILES string of the molecule is C.CC.CC.CC.CC.CC.CC.CC.CC(C)C.CC(C)C.CC(C)C.CC(C)C.CC(C)C.CC(C)C.CC(C)c1ccc2ncccc2c1.CC(C)c1ccccc1.CC(C)c1cnc2ccccc2c1.[CH2-]CN(C[CH2-])C(C)C.[W+2].c1c[nH]cn1.c1ccncc1.c1ccsc1.c1cn[nH]c1.c1cnccn1.c1cncnc1. The standard InChI is InChI=1S/2C12H13N.C9H12.C7H15N.C5H5N.2C4H4N2.C4H4S.6C4H10.2C3H4N2.7C2H6.CH4.W/c1-9(2)10-5-6-12-11(8-10)4-3-7-13-12;1-9(2)11-7-10-5-3-4-6-12(10)13-8-11;1-8(2)9-6-4-3-5-7-9;1-5-8(6-2)7(3)4;1-2-4-6-5-3-1;1-2-6-4-3-5-1;1-2-5-4-6-3-1;1-2-4-5-3-1;6*1-4(2)3;1-2-5-3-4-1;1-2-4-5-3-1;7*1-2;;/h2*3-9H,1-2H3;3-8H,1-2H3;7H,1-2,5-6H2,3-4H3;1-5H;2*1-4H;1-4H;6*4H,1-3H3;2*1-3H,(H,4,5);7*1-2H3;1H4;/q;;;-2;;;;;;;;;;;;;;;;;;;;;+2. The molecular formula is C102H184N12SW. The molecule has 0 aliphatic rings. The first-order valence-electron chi connectivity index (χ1n) is 42.6. The molecule has 0 atom stereocenters. The summed E-state index contributed by atoms with van der Waals surface area (Å²) in [6.45, 7) is 93.7. The minimum absolute atomic E-state index is 0.